The number of morpholine rings is 1. The number of hydrogen-bond donors (Lipinski definition) is 4. The van der Waals surface area contributed by atoms with Crippen molar-refractivity contribution in [3.63, 3.8) is 0 Å². The Bertz CT molecular complexity index is 966. The summed E-state index contributed by atoms with van der Waals surface area (Å²) in [4.78, 5) is 19.9. The third-order valence-electron chi connectivity index (χ3n) is 5.93. The van der Waals surface area contributed by atoms with Gasteiger partial charge in [-0.2, -0.15) is 0 Å². The molecule has 1 aromatic carbocycles. The van der Waals surface area contributed by atoms with Gasteiger partial charge in [0.1, 0.15) is 5.82 Å². The van der Waals surface area contributed by atoms with Crippen molar-refractivity contribution >= 4 is 28.8 Å². The Labute approximate surface area is 182 Å². The SMILES string of the molecule is N=CC(=CN)C(CNC(=O)c1cccc2nc(NCC3CC3)ccc12)N1CCOCC1. The molecule has 5 N–H and O–H groups in total. The lowest BCUT2D eigenvalue weighted by Gasteiger charge is -2.35. The van der Waals surface area contributed by atoms with Crippen LogP contribution in [-0.4, -0.2) is 67.4 Å². The number of hydrogen-bond acceptors (Lipinski definition) is 7. The number of carbonyl (C=O) groups is 1. The lowest BCUT2D eigenvalue weighted by molar-refractivity contribution is 0.0247. The second kappa shape index (κ2) is 9.89. The minimum Gasteiger partial charge on any atom is -0.404 e. The van der Waals surface area contributed by atoms with E-state index in [1.165, 1.54) is 25.3 Å². The fourth-order valence-electron chi connectivity index (χ4n) is 3.91. The molecule has 2 aromatic rings. The van der Waals surface area contributed by atoms with Gasteiger partial charge in [-0.05, 0) is 43.0 Å². The molecule has 1 unspecified atom stereocenters. The molecule has 0 bridgehead atoms. The van der Waals surface area contributed by atoms with Crippen molar-refractivity contribution in [1.29, 1.82) is 5.41 Å². The van der Waals surface area contributed by atoms with Crippen LogP contribution in [0.1, 0.15) is 23.2 Å². The number of nitrogens with one attached hydrogen (secondary N) is 3. The number of benzene rings is 1. The average molecular weight is 423 g/mol. The standard InChI is InChI=1S/C23H30N6O2/c24-12-17(13-25)21(29-8-10-31-11-9-29)15-27-23(30)19-2-1-3-20-18(19)6-7-22(28-20)26-14-16-4-5-16/h1-3,6-7,12-13,16,21,24H,4-5,8-11,14-15,25H2,(H,26,28)(H,27,30). The normalized spacial score (nSPS) is 18.5. The number of nitrogens with two attached hydrogens (primary N) is 1. The number of pyridine rings is 1. The molecule has 1 aliphatic heterocycles. The predicted octanol–water partition coefficient (Wildman–Crippen LogP) is 1.98. The van der Waals surface area contributed by atoms with E-state index in [0.717, 1.165) is 42.3 Å². The predicted molar refractivity (Wildman–Crippen MR) is 123 cm³/mol. The Hall–Kier alpha value is -2.97. The summed E-state index contributed by atoms with van der Waals surface area (Å²) in [6.45, 7) is 4.05. The summed E-state index contributed by atoms with van der Waals surface area (Å²) in [5.41, 5.74) is 7.80. The fourth-order valence-corrected chi connectivity index (χ4v) is 3.91. The molecular formula is C23H30N6O2. The maximum Gasteiger partial charge on any atom is 0.252 e. The van der Waals surface area contributed by atoms with Gasteiger partial charge in [-0.1, -0.05) is 6.07 Å². The molecule has 31 heavy (non-hydrogen) atoms. The first-order valence-corrected chi connectivity index (χ1v) is 10.9. The Morgan fingerprint density at radius 1 is 1.29 bits per heavy atom. The molecule has 0 spiro atoms. The minimum absolute atomic E-state index is 0.161. The van der Waals surface area contributed by atoms with Crippen molar-refractivity contribution in [2.24, 2.45) is 11.7 Å². The first kappa shape index (κ1) is 21.3. The highest BCUT2D eigenvalue weighted by molar-refractivity contribution is 6.06. The molecule has 1 amide bonds. The first-order valence-electron chi connectivity index (χ1n) is 10.9. The maximum absolute atomic E-state index is 13.0. The number of nitrogens with zero attached hydrogens (tertiary/aromatic N) is 2. The molecule has 4 rings (SSSR count). The van der Waals surface area contributed by atoms with Crippen molar-refractivity contribution in [3.8, 4) is 0 Å². The molecule has 2 fully saturated rings. The molecule has 1 saturated carbocycles. The summed E-state index contributed by atoms with van der Waals surface area (Å²) in [7, 11) is 0. The smallest absolute Gasteiger partial charge is 0.252 e. The molecule has 8 heteroatoms. The maximum atomic E-state index is 13.0. The highest BCUT2D eigenvalue weighted by Gasteiger charge is 2.25. The molecule has 1 saturated heterocycles. The van der Waals surface area contributed by atoms with Gasteiger partial charge in [-0.15, -0.1) is 0 Å². The highest BCUT2D eigenvalue weighted by atomic mass is 16.5. The van der Waals surface area contributed by atoms with Crippen LogP contribution in [0.25, 0.3) is 10.9 Å². The molecule has 164 valence electrons. The number of rotatable bonds is 9. The summed E-state index contributed by atoms with van der Waals surface area (Å²) in [6.07, 6.45) is 5.27. The number of carbonyl (C=O) groups excluding carboxylic acids is 1. The van der Waals surface area contributed by atoms with Gasteiger partial charge in [-0.25, -0.2) is 4.98 Å². The van der Waals surface area contributed by atoms with Gasteiger partial charge in [0.05, 0.1) is 24.8 Å². The number of aromatic nitrogens is 1. The molecule has 8 nitrogen and oxygen atoms in total. The Kier molecular flexibility index (Phi) is 6.79. The Morgan fingerprint density at radius 2 is 2.10 bits per heavy atom. The van der Waals surface area contributed by atoms with Crippen molar-refractivity contribution in [2.45, 2.75) is 18.9 Å². The number of amides is 1. The minimum atomic E-state index is -0.165. The molecule has 2 heterocycles. The van der Waals surface area contributed by atoms with Crippen LogP contribution >= 0.6 is 0 Å². The van der Waals surface area contributed by atoms with Gasteiger partial charge in [0, 0.05) is 55.1 Å². The summed E-state index contributed by atoms with van der Waals surface area (Å²) in [6, 6.07) is 9.32. The second-order valence-corrected chi connectivity index (χ2v) is 8.08. The summed E-state index contributed by atoms with van der Waals surface area (Å²) < 4.78 is 5.43. The van der Waals surface area contributed by atoms with Crippen LogP contribution in [0.3, 0.4) is 0 Å². The molecule has 1 atom stereocenters. The Balaban J connectivity index is 1.47. The van der Waals surface area contributed by atoms with Crippen molar-refractivity contribution in [1.82, 2.24) is 15.2 Å². The van der Waals surface area contributed by atoms with Gasteiger partial charge in [0.15, 0.2) is 0 Å². The highest BCUT2D eigenvalue weighted by Crippen LogP contribution is 2.29. The zero-order valence-corrected chi connectivity index (χ0v) is 17.6. The van der Waals surface area contributed by atoms with E-state index in [-0.39, 0.29) is 11.9 Å². The third kappa shape index (κ3) is 5.21. The van der Waals surface area contributed by atoms with E-state index in [1.54, 1.807) is 0 Å². The van der Waals surface area contributed by atoms with E-state index in [1.807, 2.05) is 30.3 Å². The lowest BCUT2D eigenvalue weighted by atomic mass is 10.1. The van der Waals surface area contributed by atoms with Gasteiger partial charge >= 0.3 is 0 Å². The van der Waals surface area contributed by atoms with Gasteiger partial charge in [0.25, 0.3) is 5.91 Å². The van der Waals surface area contributed by atoms with Gasteiger partial charge in [0.2, 0.25) is 0 Å². The topological polar surface area (TPSA) is 116 Å². The van der Waals surface area contributed by atoms with Crippen molar-refractivity contribution < 1.29 is 9.53 Å². The summed E-state index contributed by atoms with van der Waals surface area (Å²) >= 11 is 0. The van der Waals surface area contributed by atoms with Gasteiger partial charge < -0.3 is 26.5 Å². The van der Waals surface area contributed by atoms with Crippen LogP contribution in [-0.2, 0) is 4.74 Å². The summed E-state index contributed by atoms with van der Waals surface area (Å²) in [5, 5.41) is 14.9. The zero-order valence-electron chi connectivity index (χ0n) is 17.6. The van der Waals surface area contributed by atoms with Crippen LogP contribution in [0.5, 0.6) is 0 Å². The van der Waals surface area contributed by atoms with E-state index < -0.39 is 0 Å². The number of fused-ring (bicyclic) bond motifs is 1. The van der Waals surface area contributed by atoms with E-state index in [2.05, 4.69) is 20.5 Å². The second-order valence-electron chi connectivity index (χ2n) is 8.08. The molecule has 1 aromatic heterocycles. The van der Waals surface area contributed by atoms with Crippen LogP contribution in [0.4, 0.5) is 5.82 Å². The van der Waals surface area contributed by atoms with E-state index >= 15 is 0 Å². The molecular weight excluding hydrogens is 392 g/mol. The van der Waals surface area contributed by atoms with Crippen LogP contribution in [0.2, 0.25) is 0 Å². The first-order chi connectivity index (χ1) is 15.2. The van der Waals surface area contributed by atoms with Crippen LogP contribution in [0, 0.1) is 11.3 Å². The monoisotopic (exact) mass is 422 g/mol. The average Bonchev–Trinajstić information content (AvgIpc) is 3.65. The van der Waals surface area contributed by atoms with Gasteiger partial charge in [-0.3, -0.25) is 9.69 Å². The third-order valence-corrected chi connectivity index (χ3v) is 5.93. The molecule has 0 radical (unpaired) electrons. The number of ether oxygens (including phenoxy) is 1. The molecule has 1 aliphatic carbocycles. The van der Waals surface area contributed by atoms with Crippen molar-refractivity contribution in [3.05, 3.63) is 47.7 Å². The van der Waals surface area contributed by atoms with E-state index in [4.69, 9.17) is 15.9 Å². The van der Waals surface area contributed by atoms with Crippen LogP contribution < -0.4 is 16.4 Å². The summed E-state index contributed by atoms with van der Waals surface area (Å²) in [5.74, 6) is 1.45. The number of anilines is 1. The van der Waals surface area contributed by atoms with E-state index in [0.29, 0.717) is 30.9 Å². The fraction of sp³-hybridized carbons (Fsp3) is 0.435. The largest absolute Gasteiger partial charge is 0.404 e. The molecule has 2 aliphatic rings. The lowest BCUT2D eigenvalue weighted by Crippen LogP contribution is -2.50. The van der Waals surface area contributed by atoms with Crippen molar-refractivity contribution in [2.75, 3.05) is 44.7 Å². The van der Waals surface area contributed by atoms with Crippen LogP contribution in [0.15, 0.2) is 42.1 Å². The van der Waals surface area contributed by atoms with E-state index in [9.17, 15) is 4.79 Å². The zero-order chi connectivity index (χ0) is 21.6. The quantitative estimate of drug-likeness (QED) is 0.459. The Morgan fingerprint density at radius 3 is 2.81 bits per heavy atom.